The predicted octanol–water partition coefficient (Wildman–Crippen LogP) is 4.20. The number of hydrogen-bond donors (Lipinski definition) is 0. The summed E-state index contributed by atoms with van der Waals surface area (Å²) in [6.45, 7) is 6.51. The van der Waals surface area contributed by atoms with Crippen molar-refractivity contribution in [2.45, 2.75) is 13.5 Å². The highest BCUT2D eigenvalue weighted by Crippen LogP contribution is 2.35. The van der Waals surface area contributed by atoms with Crippen LogP contribution < -0.4 is 9.47 Å². The van der Waals surface area contributed by atoms with Gasteiger partial charge in [0, 0.05) is 18.4 Å². The van der Waals surface area contributed by atoms with Crippen molar-refractivity contribution in [1.29, 1.82) is 0 Å². The van der Waals surface area contributed by atoms with Crippen LogP contribution >= 0.6 is 0 Å². The number of aromatic nitrogens is 1. The molecule has 1 heterocycles. The molecule has 0 aliphatic rings. The number of methoxy groups -OCH3 is 1. The third kappa shape index (κ3) is 3.43. The van der Waals surface area contributed by atoms with Crippen molar-refractivity contribution in [2.24, 2.45) is 0 Å². The van der Waals surface area contributed by atoms with Crippen molar-refractivity contribution in [3.8, 4) is 17.4 Å². The van der Waals surface area contributed by atoms with Crippen LogP contribution in [-0.2, 0) is 11.3 Å². The van der Waals surface area contributed by atoms with Gasteiger partial charge in [-0.1, -0.05) is 18.7 Å². The van der Waals surface area contributed by atoms with Crippen molar-refractivity contribution >= 4 is 6.08 Å². The molecule has 0 saturated heterocycles. The standard InChI is InChI=1S/C17H18FNO3/c1-4-12-9-10-19-17(13(12)11-21-5-2)22-16-14(18)7-6-8-15(16)20-3/h4,6-10H,1,5,11H2,2-3H3. The van der Waals surface area contributed by atoms with E-state index in [4.69, 9.17) is 14.2 Å². The number of rotatable bonds is 7. The minimum absolute atomic E-state index is 0.00328. The van der Waals surface area contributed by atoms with Crippen LogP contribution in [0.1, 0.15) is 18.1 Å². The first kappa shape index (κ1) is 16.0. The molecule has 1 aromatic carbocycles. The Kier molecular flexibility index (Phi) is 5.49. The van der Waals surface area contributed by atoms with E-state index < -0.39 is 5.82 Å². The Morgan fingerprint density at radius 3 is 2.82 bits per heavy atom. The largest absolute Gasteiger partial charge is 0.493 e. The number of halogens is 1. The van der Waals surface area contributed by atoms with Crippen molar-refractivity contribution in [3.63, 3.8) is 0 Å². The second kappa shape index (κ2) is 7.56. The van der Waals surface area contributed by atoms with E-state index in [9.17, 15) is 4.39 Å². The first-order valence-corrected chi connectivity index (χ1v) is 6.89. The smallest absolute Gasteiger partial charge is 0.225 e. The lowest BCUT2D eigenvalue weighted by atomic mass is 10.1. The molecule has 0 bridgehead atoms. The van der Waals surface area contributed by atoms with Crippen molar-refractivity contribution in [1.82, 2.24) is 4.98 Å². The fraction of sp³-hybridized carbons (Fsp3) is 0.235. The predicted molar refractivity (Wildman–Crippen MR) is 82.7 cm³/mol. The van der Waals surface area contributed by atoms with Gasteiger partial charge < -0.3 is 14.2 Å². The van der Waals surface area contributed by atoms with Crippen LogP contribution in [0.15, 0.2) is 37.0 Å². The van der Waals surface area contributed by atoms with Gasteiger partial charge in [0.1, 0.15) is 0 Å². The Hall–Kier alpha value is -2.40. The Labute approximate surface area is 129 Å². The fourth-order valence-corrected chi connectivity index (χ4v) is 1.96. The summed E-state index contributed by atoms with van der Waals surface area (Å²) in [5.74, 6) is 0.0476. The topological polar surface area (TPSA) is 40.6 Å². The molecule has 0 spiro atoms. The molecule has 5 heteroatoms. The third-order valence-corrected chi connectivity index (χ3v) is 3.07. The van der Waals surface area contributed by atoms with E-state index in [1.54, 1.807) is 30.5 Å². The Balaban J connectivity index is 2.43. The van der Waals surface area contributed by atoms with E-state index in [-0.39, 0.29) is 11.6 Å². The second-order valence-corrected chi connectivity index (χ2v) is 4.40. The van der Waals surface area contributed by atoms with Gasteiger partial charge in [-0.05, 0) is 30.7 Å². The molecule has 2 aromatic rings. The SMILES string of the molecule is C=Cc1ccnc(Oc2c(F)cccc2OC)c1COCC. The second-order valence-electron chi connectivity index (χ2n) is 4.40. The summed E-state index contributed by atoms with van der Waals surface area (Å²) >= 11 is 0. The summed E-state index contributed by atoms with van der Waals surface area (Å²) in [6.07, 6.45) is 3.26. The van der Waals surface area contributed by atoms with Crippen LogP contribution in [0.5, 0.6) is 17.4 Å². The molecule has 0 aliphatic carbocycles. The maximum atomic E-state index is 14.0. The maximum Gasteiger partial charge on any atom is 0.225 e. The van der Waals surface area contributed by atoms with Crippen LogP contribution in [-0.4, -0.2) is 18.7 Å². The molecule has 22 heavy (non-hydrogen) atoms. The third-order valence-electron chi connectivity index (χ3n) is 3.07. The fourth-order valence-electron chi connectivity index (χ4n) is 1.96. The number of pyridine rings is 1. The molecule has 0 aliphatic heterocycles. The van der Waals surface area contributed by atoms with Crippen LogP contribution in [0.3, 0.4) is 0 Å². The summed E-state index contributed by atoms with van der Waals surface area (Å²) in [5.41, 5.74) is 1.54. The van der Waals surface area contributed by atoms with E-state index in [0.29, 0.717) is 24.5 Å². The summed E-state index contributed by atoms with van der Waals surface area (Å²) in [6, 6.07) is 6.28. The highest BCUT2D eigenvalue weighted by Gasteiger charge is 2.16. The van der Waals surface area contributed by atoms with Crippen molar-refractivity contribution in [3.05, 3.63) is 54.0 Å². The van der Waals surface area contributed by atoms with Gasteiger partial charge >= 0.3 is 0 Å². The molecule has 0 saturated carbocycles. The first-order valence-electron chi connectivity index (χ1n) is 6.89. The molecule has 0 unspecified atom stereocenters. The van der Waals surface area contributed by atoms with Gasteiger partial charge in [-0.3, -0.25) is 0 Å². The molecular formula is C17H18FNO3. The van der Waals surface area contributed by atoms with Crippen molar-refractivity contribution < 1.29 is 18.6 Å². The van der Waals surface area contributed by atoms with Crippen LogP contribution in [0.2, 0.25) is 0 Å². The normalized spacial score (nSPS) is 10.3. The Bertz CT molecular complexity index is 658. The van der Waals surface area contributed by atoms with Gasteiger partial charge in [0.25, 0.3) is 0 Å². The molecule has 116 valence electrons. The highest BCUT2D eigenvalue weighted by molar-refractivity contribution is 5.55. The summed E-state index contributed by atoms with van der Waals surface area (Å²) in [7, 11) is 1.45. The molecule has 4 nitrogen and oxygen atoms in total. The zero-order chi connectivity index (χ0) is 15.9. The van der Waals surface area contributed by atoms with Crippen LogP contribution in [0.4, 0.5) is 4.39 Å². The van der Waals surface area contributed by atoms with E-state index in [1.807, 2.05) is 6.92 Å². The van der Waals surface area contributed by atoms with Gasteiger partial charge in [0.05, 0.1) is 13.7 Å². The summed E-state index contributed by atoms with van der Waals surface area (Å²) < 4.78 is 30.2. The molecule has 0 amide bonds. The number of nitrogens with zero attached hydrogens (tertiary/aromatic N) is 1. The molecule has 0 fully saturated rings. The lowest BCUT2D eigenvalue weighted by Gasteiger charge is -2.14. The number of para-hydroxylation sites is 1. The average molecular weight is 303 g/mol. The quantitative estimate of drug-likeness (QED) is 0.768. The van der Waals surface area contributed by atoms with Crippen LogP contribution in [0, 0.1) is 5.82 Å². The average Bonchev–Trinajstić information content (AvgIpc) is 2.55. The minimum atomic E-state index is -0.521. The lowest BCUT2D eigenvalue weighted by Crippen LogP contribution is -2.02. The summed E-state index contributed by atoms with van der Waals surface area (Å²) in [4.78, 5) is 4.18. The Morgan fingerprint density at radius 1 is 1.32 bits per heavy atom. The van der Waals surface area contributed by atoms with Gasteiger partial charge in [-0.15, -0.1) is 0 Å². The molecule has 2 rings (SSSR count). The highest BCUT2D eigenvalue weighted by atomic mass is 19.1. The monoisotopic (exact) mass is 303 g/mol. The van der Waals surface area contributed by atoms with E-state index in [0.717, 1.165) is 5.56 Å². The molecule has 1 aromatic heterocycles. The zero-order valence-electron chi connectivity index (χ0n) is 12.6. The first-order chi connectivity index (χ1) is 10.7. The number of ether oxygens (including phenoxy) is 3. The van der Waals surface area contributed by atoms with Crippen molar-refractivity contribution in [2.75, 3.05) is 13.7 Å². The molecular weight excluding hydrogens is 285 g/mol. The lowest BCUT2D eigenvalue weighted by molar-refractivity contribution is 0.131. The van der Waals surface area contributed by atoms with Crippen LogP contribution in [0.25, 0.3) is 6.08 Å². The molecule has 0 atom stereocenters. The molecule has 0 N–H and O–H groups in total. The van der Waals surface area contributed by atoms with E-state index in [2.05, 4.69) is 11.6 Å². The number of hydrogen-bond acceptors (Lipinski definition) is 4. The zero-order valence-corrected chi connectivity index (χ0v) is 12.6. The van der Waals surface area contributed by atoms with Gasteiger partial charge in [0.15, 0.2) is 11.6 Å². The summed E-state index contributed by atoms with van der Waals surface area (Å²) in [5, 5.41) is 0. The van der Waals surface area contributed by atoms with Gasteiger partial charge in [-0.25, -0.2) is 9.37 Å². The van der Waals surface area contributed by atoms with E-state index in [1.165, 1.54) is 13.2 Å². The minimum Gasteiger partial charge on any atom is -0.493 e. The van der Waals surface area contributed by atoms with Gasteiger partial charge in [-0.2, -0.15) is 0 Å². The Morgan fingerprint density at radius 2 is 2.14 bits per heavy atom. The number of benzene rings is 1. The van der Waals surface area contributed by atoms with E-state index >= 15 is 0 Å². The maximum absolute atomic E-state index is 14.0. The molecule has 0 radical (unpaired) electrons. The van der Waals surface area contributed by atoms with Gasteiger partial charge in [0.2, 0.25) is 11.6 Å².